The smallest absolute Gasteiger partial charge is 0.248 e. The van der Waals surface area contributed by atoms with E-state index in [1.165, 1.54) is 0 Å². The van der Waals surface area contributed by atoms with E-state index in [2.05, 4.69) is 25.9 Å². The molecule has 1 amide bonds. The molecule has 0 spiro atoms. The average molecular weight is 400 g/mol. The van der Waals surface area contributed by atoms with Gasteiger partial charge < -0.3 is 15.4 Å². The lowest BCUT2D eigenvalue weighted by molar-refractivity contribution is 0.100. The van der Waals surface area contributed by atoms with Crippen LogP contribution < -0.4 is 10.6 Å². The number of ether oxygens (including phenoxy) is 1. The highest BCUT2D eigenvalue weighted by molar-refractivity contribution is 5.96. The van der Waals surface area contributed by atoms with Gasteiger partial charge in [0.2, 0.25) is 11.9 Å². The number of carbonyl (C=O) groups excluding carboxylic acids is 1. The summed E-state index contributed by atoms with van der Waals surface area (Å²) < 4.78 is 7.36. The van der Waals surface area contributed by atoms with E-state index in [0.717, 1.165) is 46.9 Å². The van der Waals surface area contributed by atoms with Crippen LogP contribution in [0.5, 0.6) is 0 Å². The molecular formula is C22H20N6O2. The lowest BCUT2D eigenvalue weighted by atomic mass is 10.1. The summed E-state index contributed by atoms with van der Waals surface area (Å²) >= 11 is 0. The second-order valence-corrected chi connectivity index (χ2v) is 7.10. The van der Waals surface area contributed by atoms with Crippen LogP contribution in [0.1, 0.15) is 10.4 Å². The molecule has 0 radical (unpaired) electrons. The van der Waals surface area contributed by atoms with Gasteiger partial charge in [-0.1, -0.05) is 12.1 Å². The van der Waals surface area contributed by atoms with Crippen molar-refractivity contribution >= 4 is 22.9 Å². The number of nitrogens with two attached hydrogens (primary N) is 1. The van der Waals surface area contributed by atoms with Crippen molar-refractivity contribution in [2.45, 2.75) is 0 Å². The van der Waals surface area contributed by atoms with Crippen LogP contribution >= 0.6 is 0 Å². The van der Waals surface area contributed by atoms with Gasteiger partial charge in [-0.05, 0) is 35.9 Å². The molecule has 1 fully saturated rings. The summed E-state index contributed by atoms with van der Waals surface area (Å²) in [7, 11) is 0. The van der Waals surface area contributed by atoms with E-state index in [4.69, 9.17) is 10.5 Å². The second-order valence-electron chi connectivity index (χ2n) is 7.10. The number of benzene rings is 2. The van der Waals surface area contributed by atoms with Crippen molar-refractivity contribution in [2.75, 3.05) is 31.2 Å². The van der Waals surface area contributed by atoms with Gasteiger partial charge in [0.25, 0.3) is 0 Å². The summed E-state index contributed by atoms with van der Waals surface area (Å²) in [5, 5.41) is 0. The minimum atomic E-state index is -0.464. The average Bonchev–Trinajstić information content (AvgIpc) is 3.23. The largest absolute Gasteiger partial charge is 0.378 e. The zero-order valence-corrected chi connectivity index (χ0v) is 16.2. The predicted molar refractivity (Wildman–Crippen MR) is 114 cm³/mol. The number of anilines is 1. The maximum absolute atomic E-state index is 11.4. The third-order valence-electron chi connectivity index (χ3n) is 5.22. The van der Waals surface area contributed by atoms with Crippen LogP contribution in [0.25, 0.3) is 27.8 Å². The first-order valence-electron chi connectivity index (χ1n) is 9.71. The Morgan fingerprint density at radius 2 is 1.77 bits per heavy atom. The van der Waals surface area contributed by atoms with E-state index < -0.39 is 5.91 Å². The van der Waals surface area contributed by atoms with Gasteiger partial charge in [-0.25, -0.2) is 15.0 Å². The van der Waals surface area contributed by atoms with Crippen LogP contribution in [0, 0.1) is 0 Å². The van der Waals surface area contributed by atoms with Gasteiger partial charge in [-0.15, -0.1) is 0 Å². The lowest BCUT2D eigenvalue weighted by Crippen LogP contribution is -2.37. The summed E-state index contributed by atoms with van der Waals surface area (Å²) in [6.07, 6.45) is 5.44. The number of carbonyl (C=O) groups is 1. The summed E-state index contributed by atoms with van der Waals surface area (Å²) in [5.41, 5.74) is 10.3. The molecule has 0 aliphatic carbocycles. The number of rotatable bonds is 4. The number of fused-ring (bicyclic) bond motifs is 1. The molecule has 2 aromatic carbocycles. The first-order chi connectivity index (χ1) is 14.7. The number of aromatic nitrogens is 4. The third-order valence-corrected chi connectivity index (χ3v) is 5.22. The molecule has 1 saturated heterocycles. The minimum Gasteiger partial charge on any atom is -0.378 e. The topological polar surface area (TPSA) is 99.2 Å². The Bertz CT molecular complexity index is 1210. The molecule has 5 rings (SSSR count). The maximum atomic E-state index is 11.4. The zero-order valence-electron chi connectivity index (χ0n) is 16.2. The Morgan fingerprint density at radius 1 is 0.967 bits per heavy atom. The zero-order chi connectivity index (χ0) is 20.5. The Balaban J connectivity index is 1.46. The van der Waals surface area contributed by atoms with Crippen molar-refractivity contribution in [3.05, 3.63) is 66.7 Å². The standard InChI is InChI=1S/C22H20N6O2/c23-21(29)16-4-5-20-19(11-16)26-14-28(20)18-3-1-2-15(10-18)17-12-24-22(25-13-17)27-6-8-30-9-7-27/h1-5,10-14H,6-9H2,(H2,23,29). The maximum Gasteiger partial charge on any atom is 0.248 e. The van der Waals surface area contributed by atoms with Crippen LogP contribution in [-0.4, -0.2) is 51.7 Å². The van der Waals surface area contributed by atoms with Crippen LogP contribution in [0.15, 0.2) is 61.2 Å². The van der Waals surface area contributed by atoms with Crippen molar-refractivity contribution < 1.29 is 9.53 Å². The van der Waals surface area contributed by atoms with E-state index >= 15 is 0 Å². The highest BCUT2D eigenvalue weighted by atomic mass is 16.5. The fourth-order valence-electron chi connectivity index (χ4n) is 3.60. The molecule has 8 heteroatoms. The quantitative estimate of drug-likeness (QED) is 0.565. The molecule has 2 N–H and O–H groups in total. The number of imidazole rings is 1. The van der Waals surface area contributed by atoms with E-state index in [-0.39, 0.29) is 0 Å². The molecular weight excluding hydrogens is 380 g/mol. The predicted octanol–water partition coefficient (Wildman–Crippen LogP) is 2.42. The molecule has 1 aliphatic heterocycles. The molecule has 8 nitrogen and oxygen atoms in total. The molecule has 30 heavy (non-hydrogen) atoms. The molecule has 0 bridgehead atoms. The normalized spacial score (nSPS) is 14.2. The number of nitrogens with zero attached hydrogens (tertiary/aromatic N) is 5. The van der Waals surface area contributed by atoms with Gasteiger partial charge in [0.05, 0.1) is 24.2 Å². The molecule has 0 unspecified atom stereocenters. The van der Waals surface area contributed by atoms with Gasteiger partial charge in [0, 0.05) is 42.3 Å². The Kier molecular flexibility index (Phi) is 4.61. The summed E-state index contributed by atoms with van der Waals surface area (Å²) in [4.78, 5) is 27.0. The second kappa shape index (κ2) is 7.57. The SMILES string of the molecule is NC(=O)c1ccc2c(c1)ncn2-c1cccc(-c2cnc(N3CCOCC3)nc2)c1. The lowest BCUT2D eigenvalue weighted by Gasteiger charge is -2.26. The fraction of sp³-hybridized carbons (Fsp3) is 0.182. The van der Waals surface area contributed by atoms with Gasteiger partial charge in [0.15, 0.2) is 0 Å². The highest BCUT2D eigenvalue weighted by Crippen LogP contribution is 2.25. The van der Waals surface area contributed by atoms with Gasteiger partial charge >= 0.3 is 0 Å². The number of amides is 1. The van der Waals surface area contributed by atoms with E-state index in [9.17, 15) is 4.79 Å². The number of hydrogen-bond donors (Lipinski definition) is 1. The first kappa shape index (κ1) is 18.3. The number of morpholine rings is 1. The minimum absolute atomic E-state index is 0.444. The number of hydrogen-bond acceptors (Lipinski definition) is 6. The fourth-order valence-corrected chi connectivity index (χ4v) is 3.60. The van der Waals surface area contributed by atoms with Gasteiger partial charge in [0.1, 0.15) is 6.33 Å². The van der Waals surface area contributed by atoms with Crippen molar-refractivity contribution in [1.29, 1.82) is 0 Å². The molecule has 0 atom stereocenters. The van der Waals surface area contributed by atoms with Crippen LogP contribution in [-0.2, 0) is 4.74 Å². The highest BCUT2D eigenvalue weighted by Gasteiger charge is 2.14. The molecule has 4 aromatic rings. The van der Waals surface area contributed by atoms with Crippen molar-refractivity contribution in [3.8, 4) is 16.8 Å². The van der Waals surface area contributed by atoms with Crippen molar-refractivity contribution in [3.63, 3.8) is 0 Å². The number of primary amides is 1. The molecule has 2 aromatic heterocycles. The van der Waals surface area contributed by atoms with Gasteiger partial charge in [-0.3, -0.25) is 9.36 Å². The summed E-state index contributed by atoms with van der Waals surface area (Å²) in [6, 6.07) is 13.4. The third kappa shape index (κ3) is 3.37. The van der Waals surface area contributed by atoms with E-state index in [1.807, 2.05) is 41.2 Å². The van der Waals surface area contributed by atoms with Crippen molar-refractivity contribution in [1.82, 2.24) is 19.5 Å². The molecule has 0 saturated carbocycles. The Morgan fingerprint density at radius 3 is 2.53 bits per heavy atom. The Labute approximate surface area is 172 Å². The summed E-state index contributed by atoms with van der Waals surface area (Å²) in [6.45, 7) is 3.01. The summed E-state index contributed by atoms with van der Waals surface area (Å²) in [5.74, 6) is 0.262. The van der Waals surface area contributed by atoms with Crippen LogP contribution in [0.2, 0.25) is 0 Å². The van der Waals surface area contributed by atoms with E-state index in [0.29, 0.717) is 18.8 Å². The van der Waals surface area contributed by atoms with Gasteiger partial charge in [-0.2, -0.15) is 0 Å². The Hall–Kier alpha value is -3.78. The molecule has 150 valence electrons. The van der Waals surface area contributed by atoms with Crippen molar-refractivity contribution in [2.24, 2.45) is 5.73 Å². The van der Waals surface area contributed by atoms with Crippen LogP contribution in [0.3, 0.4) is 0 Å². The molecule has 3 heterocycles. The van der Waals surface area contributed by atoms with E-state index in [1.54, 1.807) is 18.5 Å². The first-order valence-corrected chi connectivity index (χ1v) is 9.71. The van der Waals surface area contributed by atoms with Crippen LogP contribution in [0.4, 0.5) is 5.95 Å². The molecule has 1 aliphatic rings. The monoisotopic (exact) mass is 400 g/mol.